The number of aromatic nitrogens is 2. The lowest BCUT2D eigenvalue weighted by molar-refractivity contribution is -0.115. The molecule has 5 N–H and O–H groups in total. The van der Waals surface area contributed by atoms with Crippen LogP contribution in [0.4, 0.5) is 17.1 Å². The van der Waals surface area contributed by atoms with Gasteiger partial charge < -0.3 is 21.1 Å². The number of hydrogen-bond donors (Lipinski definition) is 5. The third-order valence-corrected chi connectivity index (χ3v) is 4.34. The lowest BCUT2D eigenvalue weighted by atomic mass is 10.1. The Morgan fingerprint density at radius 1 is 1.00 bits per heavy atom. The maximum Gasteiger partial charge on any atom is 0.259 e. The number of nitrogens with zero attached hydrogens (tertiary/aromatic N) is 1. The number of hydrogen-bond acceptors (Lipinski definition) is 5. The van der Waals surface area contributed by atoms with Crippen molar-refractivity contribution in [1.29, 1.82) is 0 Å². The highest BCUT2D eigenvalue weighted by molar-refractivity contribution is 6.08. The molecule has 0 aliphatic carbocycles. The minimum atomic E-state index is -0.545. The van der Waals surface area contributed by atoms with Crippen molar-refractivity contribution in [2.24, 2.45) is 0 Å². The van der Waals surface area contributed by atoms with Crippen LogP contribution >= 0.6 is 0 Å². The van der Waals surface area contributed by atoms with Crippen LogP contribution in [0.3, 0.4) is 0 Å². The normalized spacial score (nSPS) is 10.3. The van der Waals surface area contributed by atoms with Crippen LogP contribution in [0.25, 0.3) is 0 Å². The fourth-order valence-electron chi connectivity index (χ4n) is 2.69. The van der Waals surface area contributed by atoms with Crippen LogP contribution in [-0.2, 0) is 4.79 Å². The monoisotopic (exact) mass is 407 g/mol. The first-order valence-electron chi connectivity index (χ1n) is 9.22. The zero-order valence-electron chi connectivity index (χ0n) is 16.4. The Kier molecular flexibility index (Phi) is 6.11. The molecule has 0 saturated carbocycles. The van der Waals surface area contributed by atoms with E-state index < -0.39 is 11.8 Å². The average Bonchev–Trinajstić information content (AvgIpc) is 3.26. The number of nitrogens with one attached hydrogen (secondary N) is 4. The molecule has 0 atom stereocenters. The summed E-state index contributed by atoms with van der Waals surface area (Å²) in [7, 11) is 0. The van der Waals surface area contributed by atoms with Gasteiger partial charge in [-0.05, 0) is 48.9 Å². The van der Waals surface area contributed by atoms with E-state index in [0.717, 1.165) is 5.56 Å². The van der Waals surface area contributed by atoms with E-state index in [1.807, 2.05) is 6.92 Å². The number of phenols is 1. The largest absolute Gasteiger partial charge is 0.507 e. The van der Waals surface area contributed by atoms with E-state index in [1.165, 1.54) is 30.6 Å². The van der Waals surface area contributed by atoms with Crippen LogP contribution in [0.1, 0.15) is 39.6 Å². The highest BCUT2D eigenvalue weighted by Gasteiger charge is 2.15. The van der Waals surface area contributed by atoms with Crippen molar-refractivity contribution in [3.8, 4) is 5.75 Å². The number of aryl methyl sites for hydroxylation is 1. The third-order valence-electron chi connectivity index (χ3n) is 4.34. The van der Waals surface area contributed by atoms with Crippen molar-refractivity contribution in [2.75, 3.05) is 16.0 Å². The van der Waals surface area contributed by atoms with Crippen LogP contribution < -0.4 is 16.0 Å². The van der Waals surface area contributed by atoms with Gasteiger partial charge in [-0.25, -0.2) is 0 Å². The van der Waals surface area contributed by atoms with Crippen LogP contribution in [0, 0.1) is 6.92 Å². The fourth-order valence-corrected chi connectivity index (χ4v) is 2.69. The number of rotatable bonds is 6. The number of H-pyrrole nitrogens is 1. The van der Waals surface area contributed by atoms with E-state index in [4.69, 9.17) is 0 Å². The van der Waals surface area contributed by atoms with Crippen molar-refractivity contribution in [1.82, 2.24) is 10.2 Å². The summed E-state index contributed by atoms with van der Waals surface area (Å²) < 4.78 is 0. The molecular formula is C21H21N5O4. The van der Waals surface area contributed by atoms with Gasteiger partial charge in [0, 0.05) is 29.7 Å². The van der Waals surface area contributed by atoms with Gasteiger partial charge in [-0.15, -0.1) is 0 Å². The number of amides is 3. The lowest BCUT2D eigenvalue weighted by Gasteiger charge is -2.12. The fraction of sp³-hybridized carbons (Fsp3) is 0.143. The molecule has 0 aliphatic heterocycles. The predicted octanol–water partition coefficient (Wildman–Crippen LogP) is 3.28. The Morgan fingerprint density at radius 2 is 1.70 bits per heavy atom. The van der Waals surface area contributed by atoms with Crippen LogP contribution in [0.5, 0.6) is 5.75 Å². The van der Waals surface area contributed by atoms with Crippen molar-refractivity contribution in [3.63, 3.8) is 0 Å². The van der Waals surface area contributed by atoms with E-state index in [2.05, 4.69) is 26.1 Å². The maximum atomic E-state index is 12.7. The highest BCUT2D eigenvalue weighted by atomic mass is 16.3. The molecule has 3 rings (SSSR count). The van der Waals surface area contributed by atoms with E-state index in [-0.39, 0.29) is 17.2 Å². The highest BCUT2D eigenvalue weighted by Crippen LogP contribution is 2.25. The SMILES string of the molecule is CCC(=O)Nc1ccc(NC(=O)c2cc(NC(=O)c3cn[nH]c3)ccc2O)cc1C. The molecule has 0 fully saturated rings. The molecule has 1 heterocycles. The molecular weight excluding hydrogens is 386 g/mol. The molecule has 9 nitrogen and oxygen atoms in total. The first-order chi connectivity index (χ1) is 14.4. The summed E-state index contributed by atoms with van der Waals surface area (Å²) in [6, 6.07) is 9.25. The van der Waals surface area contributed by atoms with Crippen LogP contribution in [-0.4, -0.2) is 33.0 Å². The Labute approximate surface area is 172 Å². The van der Waals surface area contributed by atoms with Gasteiger partial charge in [0.1, 0.15) is 5.75 Å². The first-order valence-corrected chi connectivity index (χ1v) is 9.22. The molecule has 0 radical (unpaired) electrons. The summed E-state index contributed by atoms with van der Waals surface area (Å²) >= 11 is 0. The van der Waals surface area contributed by atoms with Gasteiger partial charge in [0.2, 0.25) is 5.91 Å². The van der Waals surface area contributed by atoms with Crippen molar-refractivity contribution in [3.05, 3.63) is 65.5 Å². The quantitative estimate of drug-likeness (QED) is 0.400. The lowest BCUT2D eigenvalue weighted by Crippen LogP contribution is -2.15. The molecule has 0 aliphatic rings. The molecule has 2 aromatic carbocycles. The van der Waals surface area contributed by atoms with Gasteiger partial charge in [0.25, 0.3) is 11.8 Å². The Hall–Kier alpha value is -4.14. The summed E-state index contributed by atoms with van der Waals surface area (Å²) in [6.07, 6.45) is 3.18. The van der Waals surface area contributed by atoms with Gasteiger partial charge >= 0.3 is 0 Å². The Balaban J connectivity index is 1.74. The zero-order valence-corrected chi connectivity index (χ0v) is 16.4. The maximum absolute atomic E-state index is 12.7. The molecule has 0 unspecified atom stereocenters. The number of aromatic hydroxyl groups is 1. The number of aromatic amines is 1. The Morgan fingerprint density at radius 3 is 2.37 bits per heavy atom. The van der Waals surface area contributed by atoms with Crippen molar-refractivity contribution < 1.29 is 19.5 Å². The number of benzene rings is 2. The third kappa shape index (κ3) is 4.82. The molecule has 1 aromatic heterocycles. The summed E-state index contributed by atoms with van der Waals surface area (Å²) in [5.41, 5.74) is 2.62. The van der Waals surface area contributed by atoms with Crippen molar-refractivity contribution >= 4 is 34.8 Å². The summed E-state index contributed by atoms with van der Waals surface area (Å²) in [6.45, 7) is 3.57. The van der Waals surface area contributed by atoms with E-state index in [1.54, 1.807) is 25.1 Å². The minimum Gasteiger partial charge on any atom is -0.507 e. The number of phenolic OH excluding ortho intramolecular Hbond substituents is 1. The van der Waals surface area contributed by atoms with E-state index >= 15 is 0 Å². The van der Waals surface area contributed by atoms with Gasteiger partial charge in [0.05, 0.1) is 17.3 Å². The zero-order chi connectivity index (χ0) is 21.7. The van der Waals surface area contributed by atoms with E-state index in [0.29, 0.717) is 29.0 Å². The molecule has 0 spiro atoms. The molecule has 0 bridgehead atoms. The standard InChI is InChI=1S/C21H21N5O4/c1-3-19(28)26-17-6-4-14(8-12(17)2)25-21(30)16-9-15(5-7-18(16)27)24-20(29)13-10-22-23-11-13/h4-11,27H,3H2,1-2H3,(H,22,23)(H,24,29)(H,25,30)(H,26,28). The van der Waals surface area contributed by atoms with Crippen molar-refractivity contribution in [2.45, 2.75) is 20.3 Å². The topological polar surface area (TPSA) is 136 Å². The van der Waals surface area contributed by atoms with Gasteiger partial charge in [-0.2, -0.15) is 5.10 Å². The average molecular weight is 407 g/mol. The first kappa shape index (κ1) is 20.6. The second-order valence-electron chi connectivity index (χ2n) is 6.56. The van der Waals surface area contributed by atoms with Gasteiger partial charge in [-0.3, -0.25) is 19.5 Å². The number of anilines is 3. The van der Waals surface area contributed by atoms with Crippen LogP contribution in [0.2, 0.25) is 0 Å². The summed E-state index contributed by atoms with van der Waals surface area (Å²) in [4.78, 5) is 36.3. The second-order valence-corrected chi connectivity index (χ2v) is 6.56. The second kappa shape index (κ2) is 8.91. The Bertz CT molecular complexity index is 1090. The molecule has 0 saturated heterocycles. The van der Waals surface area contributed by atoms with Crippen LogP contribution in [0.15, 0.2) is 48.8 Å². The molecule has 3 amide bonds. The van der Waals surface area contributed by atoms with E-state index in [9.17, 15) is 19.5 Å². The molecule has 30 heavy (non-hydrogen) atoms. The molecule has 3 aromatic rings. The predicted molar refractivity (Wildman–Crippen MR) is 113 cm³/mol. The van der Waals surface area contributed by atoms with Gasteiger partial charge in [-0.1, -0.05) is 6.92 Å². The number of carbonyl (C=O) groups is 3. The summed E-state index contributed by atoms with van der Waals surface area (Å²) in [5.74, 6) is -1.27. The van der Waals surface area contributed by atoms with Gasteiger partial charge in [0.15, 0.2) is 0 Å². The molecule has 9 heteroatoms. The number of carbonyl (C=O) groups excluding carboxylic acids is 3. The molecule has 154 valence electrons. The minimum absolute atomic E-state index is 0.000934. The summed E-state index contributed by atoms with van der Waals surface area (Å²) in [5, 5.41) is 24.5. The smallest absolute Gasteiger partial charge is 0.259 e.